The topological polar surface area (TPSA) is 86.7 Å². The van der Waals surface area contributed by atoms with Crippen LogP contribution >= 0.6 is 0 Å². The van der Waals surface area contributed by atoms with Crippen LogP contribution in [0.4, 0.5) is 5.69 Å². The molecule has 0 atom stereocenters. The first-order valence-electron chi connectivity index (χ1n) is 7.73. The SMILES string of the molecule is CC(C)(CCC(=O)O)NC(=O)c1ccc(N2CCCC2=O)cc1. The monoisotopic (exact) mass is 318 g/mol. The Balaban J connectivity index is 2.00. The van der Waals surface area contributed by atoms with Crippen LogP contribution in [-0.4, -0.2) is 35.0 Å². The molecule has 0 bridgehead atoms. The third kappa shape index (κ3) is 4.55. The summed E-state index contributed by atoms with van der Waals surface area (Å²) in [5.74, 6) is -1.02. The Morgan fingerprint density at radius 3 is 2.43 bits per heavy atom. The Bertz CT molecular complexity index is 608. The second-order valence-corrected chi connectivity index (χ2v) is 6.43. The van der Waals surface area contributed by atoms with Crippen molar-refractivity contribution in [3.8, 4) is 0 Å². The number of rotatable bonds is 6. The highest BCUT2D eigenvalue weighted by Crippen LogP contribution is 2.22. The molecule has 1 aromatic rings. The molecule has 1 aliphatic heterocycles. The third-order valence-corrected chi connectivity index (χ3v) is 3.93. The minimum Gasteiger partial charge on any atom is -0.481 e. The number of aliphatic carboxylic acids is 1. The molecule has 0 radical (unpaired) electrons. The fourth-order valence-electron chi connectivity index (χ4n) is 2.58. The number of anilines is 1. The largest absolute Gasteiger partial charge is 0.481 e. The summed E-state index contributed by atoms with van der Waals surface area (Å²) in [5, 5.41) is 11.6. The summed E-state index contributed by atoms with van der Waals surface area (Å²) in [6.07, 6.45) is 1.79. The lowest BCUT2D eigenvalue weighted by Gasteiger charge is -2.25. The molecule has 1 fully saturated rings. The first-order valence-corrected chi connectivity index (χ1v) is 7.73. The summed E-state index contributed by atoms with van der Waals surface area (Å²) in [7, 11) is 0. The van der Waals surface area contributed by atoms with Crippen molar-refractivity contribution in [1.82, 2.24) is 5.32 Å². The van der Waals surface area contributed by atoms with Crippen LogP contribution in [0.3, 0.4) is 0 Å². The van der Waals surface area contributed by atoms with Crippen LogP contribution in [0, 0.1) is 0 Å². The second-order valence-electron chi connectivity index (χ2n) is 6.43. The van der Waals surface area contributed by atoms with Gasteiger partial charge in [0.05, 0.1) is 0 Å². The molecule has 1 aliphatic rings. The summed E-state index contributed by atoms with van der Waals surface area (Å²) in [6.45, 7) is 4.31. The van der Waals surface area contributed by atoms with E-state index in [0.717, 1.165) is 12.1 Å². The summed E-state index contributed by atoms with van der Waals surface area (Å²) in [4.78, 5) is 36.3. The van der Waals surface area contributed by atoms with E-state index in [9.17, 15) is 14.4 Å². The fraction of sp³-hybridized carbons (Fsp3) is 0.471. The molecule has 1 saturated heterocycles. The van der Waals surface area contributed by atoms with E-state index in [1.54, 1.807) is 43.0 Å². The normalized spacial score (nSPS) is 14.9. The highest BCUT2D eigenvalue weighted by atomic mass is 16.4. The zero-order chi connectivity index (χ0) is 17.0. The number of carbonyl (C=O) groups excluding carboxylic acids is 2. The maximum atomic E-state index is 12.3. The van der Waals surface area contributed by atoms with Crippen molar-refractivity contribution in [3.63, 3.8) is 0 Å². The van der Waals surface area contributed by atoms with Crippen LogP contribution in [0.1, 0.15) is 49.9 Å². The molecule has 23 heavy (non-hydrogen) atoms. The quantitative estimate of drug-likeness (QED) is 0.841. The Morgan fingerprint density at radius 2 is 1.91 bits per heavy atom. The smallest absolute Gasteiger partial charge is 0.303 e. The molecule has 0 saturated carbocycles. The molecule has 2 rings (SSSR count). The lowest BCUT2D eigenvalue weighted by Crippen LogP contribution is -2.43. The van der Waals surface area contributed by atoms with Crippen molar-refractivity contribution in [1.29, 1.82) is 0 Å². The Hall–Kier alpha value is -2.37. The van der Waals surface area contributed by atoms with Crippen molar-refractivity contribution >= 4 is 23.5 Å². The van der Waals surface area contributed by atoms with Crippen molar-refractivity contribution in [3.05, 3.63) is 29.8 Å². The molecular weight excluding hydrogens is 296 g/mol. The van der Waals surface area contributed by atoms with Crippen molar-refractivity contribution < 1.29 is 19.5 Å². The van der Waals surface area contributed by atoms with Crippen LogP contribution in [0.25, 0.3) is 0 Å². The molecular formula is C17H22N2O4. The average Bonchev–Trinajstić information content (AvgIpc) is 2.91. The second kappa shape index (κ2) is 6.81. The van der Waals surface area contributed by atoms with Gasteiger partial charge < -0.3 is 15.3 Å². The van der Waals surface area contributed by atoms with Gasteiger partial charge in [-0.25, -0.2) is 0 Å². The van der Waals surface area contributed by atoms with Gasteiger partial charge in [0.25, 0.3) is 5.91 Å². The third-order valence-electron chi connectivity index (χ3n) is 3.93. The Labute approximate surface area is 135 Å². The van der Waals surface area contributed by atoms with E-state index in [0.29, 0.717) is 24.9 Å². The maximum absolute atomic E-state index is 12.3. The molecule has 124 valence electrons. The minimum atomic E-state index is -0.882. The van der Waals surface area contributed by atoms with Gasteiger partial charge in [0.2, 0.25) is 5.91 Å². The van der Waals surface area contributed by atoms with E-state index in [2.05, 4.69) is 5.32 Å². The molecule has 0 aromatic heterocycles. The number of carboxylic acids is 1. The number of carboxylic acid groups (broad SMARTS) is 1. The van der Waals surface area contributed by atoms with Crippen molar-refractivity contribution in [2.24, 2.45) is 0 Å². The Morgan fingerprint density at radius 1 is 1.26 bits per heavy atom. The van der Waals surface area contributed by atoms with E-state index in [-0.39, 0.29) is 18.2 Å². The number of hydrogen-bond acceptors (Lipinski definition) is 3. The number of nitrogens with one attached hydrogen (secondary N) is 1. The lowest BCUT2D eigenvalue weighted by atomic mass is 9.97. The summed E-state index contributed by atoms with van der Waals surface area (Å²) in [6, 6.07) is 6.90. The van der Waals surface area contributed by atoms with E-state index in [4.69, 9.17) is 5.11 Å². The van der Waals surface area contributed by atoms with Gasteiger partial charge in [-0.2, -0.15) is 0 Å². The Kier molecular flexibility index (Phi) is 5.03. The fourth-order valence-corrected chi connectivity index (χ4v) is 2.58. The van der Waals surface area contributed by atoms with Crippen molar-refractivity contribution in [2.75, 3.05) is 11.4 Å². The van der Waals surface area contributed by atoms with Crippen LogP contribution < -0.4 is 10.2 Å². The first-order chi connectivity index (χ1) is 10.8. The average molecular weight is 318 g/mol. The number of benzene rings is 1. The number of nitrogens with zero attached hydrogens (tertiary/aromatic N) is 1. The van der Waals surface area contributed by atoms with E-state index in [1.165, 1.54) is 0 Å². The number of hydrogen-bond donors (Lipinski definition) is 2. The van der Waals surface area contributed by atoms with E-state index < -0.39 is 11.5 Å². The van der Waals surface area contributed by atoms with Crippen LogP contribution in [-0.2, 0) is 9.59 Å². The summed E-state index contributed by atoms with van der Waals surface area (Å²) in [5.41, 5.74) is 0.692. The van der Waals surface area contributed by atoms with Gasteiger partial charge in [-0.15, -0.1) is 0 Å². The van der Waals surface area contributed by atoms with Gasteiger partial charge >= 0.3 is 5.97 Å². The molecule has 0 unspecified atom stereocenters. The minimum absolute atomic E-state index is 0.00326. The highest BCUT2D eigenvalue weighted by Gasteiger charge is 2.24. The summed E-state index contributed by atoms with van der Waals surface area (Å²) < 4.78 is 0. The molecule has 0 spiro atoms. The van der Waals surface area contributed by atoms with E-state index >= 15 is 0 Å². The predicted molar refractivity (Wildman–Crippen MR) is 86.4 cm³/mol. The molecule has 6 nitrogen and oxygen atoms in total. The van der Waals surface area contributed by atoms with Gasteiger partial charge in [-0.3, -0.25) is 14.4 Å². The summed E-state index contributed by atoms with van der Waals surface area (Å²) >= 11 is 0. The van der Waals surface area contributed by atoms with Crippen LogP contribution in [0.15, 0.2) is 24.3 Å². The molecule has 1 aromatic carbocycles. The lowest BCUT2D eigenvalue weighted by molar-refractivity contribution is -0.137. The number of amides is 2. The zero-order valence-corrected chi connectivity index (χ0v) is 13.5. The zero-order valence-electron chi connectivity index (χ0n) is 13.5. The molecule has 0 aliphatic carbocycles. The molecule has 6 heteroatoms. The number of carbonyl (C=O) groups is 3. The van der Waals surface area contributed by atoms with Crippen LogP contribution in [0.2, 0.25) is 0 Å². The first kappa shape index (κ1) is 17.0. The molecule has 2 amide bonds. The maximum Gasteiger partial charge on any atom is 0.303 e. The van der Waals surface area contributed by atoms with Gasteiger partial charge in [-0.1, -0.05) is 0 Å². The standard InChI is InChI=1S/C17H22N2O4/c1-17(2,10-9-15(21)22)18-16(23)12-5-7-13(8-6-12)19-11-3-4-14(19)20/h5-8H,3-4,9-11H2,1-2H3,(H,18,23)(H,21,22). The van der Waals surface area contributed by atoms with E-state index in [1.807, 2.05) is 0 Å². The van der Waals surface area contributed by atoms with Crippen LogP contribution in [0.5, 0.6) is 0 Å². The molecule has 2 N–H and O–H groups in total. The van der Waals surface area contributed by atoms with Crippen molar-refractivity contribution in [2.45, 2.75) is 45.1 Å². The van der Waals surface area contributed by atoms with Gasteiger partial charge in [-0.05, 0) is 51.0 Å². The molecule has 1 heterocycles. The van der Waals surface area contributed by atoms with Gasteiger partial charge in [0.1, 0.15) is 0 Å². The van der Waals surface area contributed by atoms with Gasteiger partial charge in [0.15, 0.2) is 0 Å². The highest BCUT2D eigenvalue weighted by molar-refractivity contribution is 5.97. The predicted octanol–water partition coefficient (Wildman–Crippen LogP) is 2.19. The van der Waals surface area contributed by atoms with Gasteiger partial charge in [0, 0.05) is 36.2 Å².